The Kier molecular flexibility index (Phi) is 4.70. The molecule has 1 N–H and O–H groups in total. The number of carbonyl (C=O) groups excluding carboxylic acids is 1. The van der Waals surface area contributed by atoms with E-state index < -0.39 is 0 Å². The Hall–Kier alpha value is -3.28. The zero-order valence-electron chi connectivity index (χ0n) is 14.1. The van der Waals surface area contributed by atoms with Crippen LogP contribution in [0, 0.1) is 0 Å². The molecule has 3 aromatic rings. The second-order valence-electron chi connectivity index (χ2n) is 5.58. The Morgan fingerprint density at radius 3 is 2.72 bits per heavy atom. The van der Waals surface area contributed by atoms with Crippen molar-refractivity contribution in [3.63, 3.8) is 0 Å². The summed E-state index contributed by atoms with van der Waals surface area (Å²) in [6.45, 7) is 3.50. The van der Waals surface area contributed by atoms with Crippen LogP contribution in [0.2, 0.25) is 0 Å². The van der Waals surface area contributed by atoms with Crippen LogP contribution in [-0.4, -0.2) is 20.5 Å². The van der Waals surface area contributed by atoms with Crippen LogP contribution in [0.4, 0.5) is 11.4 Å². The van der Waals surface area contributed by atoms with Gasteiger partial charge in [0.1, 0.15) is 5.69 Å². The molecule has 3 rings (SSSR count). The molecule has 0 amide bonds. The standard InChI is InChI=1S/C19H18N4O2/c1-3-14-6-7-15(13(2)24)11-18(14)23-19(25)17(8-10-21-23)22-16-5-4-9-20-12-16/h4-12,22H,3H2,1-2H3. The predicted molar refractivity (Wildman–Crippen MR) is 96.7 cm³/mol. The van der Waals surface area contributed by atoms with Gasteiger partial charge in [0.05, 0.1) is 23.8 Å². The minimum absolute atomic E-state index is 0.0541. The largest absolute Gasteiger partial charge is 0.350 e. The van der Waals surface area contributed by atoms with E-state index in [1.807, 2.05) is 19.1 Å². The molecule has 0 spiro atoms. The fourth-order valence-corrected chi connectivity index (χ4v) is 2.55. The van der Waals surface area contributed by atoms with Gasteiger partial charge in [-0.25, -0.2) is 0 Å². The van der Waals surface area contributed by atoms with E-state index in [1.165, 1.54) is 11.6 Å². The van der Waals surface area contributed by atoms with E-state index in [4.69, 9.17) is 0 Å². The third-order valence-corrected chi connectivity index (χ3v) is 3.89. The Balaban J connectivity index is 2.10. The molecule has 6 nitrogen and oxygen atoms in total. The maximum absolute atomic E-state index is 12.9. The quantitative estimate of drug-likeness (QED) is 0.725. The number of pyridine rings is 1. The molecule has 0 aliphatic carbocycles. The molecule has 0 aliphatic heterocycles. The molecular formula is C19H18N4O2. The average molecular weight is 334 g/mol. The van der Waals surface area contributed by atoms with Gasteiger partial charge in [-0.3, -0.25) is 14.6 Å². The molecule has 0 bridgehead atoms. The molecule has 0 atom stereocenters. The van der Waals surface area contributed by atoms with Crippen molar-refractivity contribution in [2.45, 2.75) is 20.3 Å². The number of hydrogen-bond acceptors (Lipinski definition) is 5. The molecule has 2 aromatic heterocycles. The lowest BCUT2D eigenvalue weighted by Gasteiger charge is -2.13. The van der Waals surface area contributed by atoms with Crippen molar-refractivity contribution in [2.75, 3.05) is 5.32 Å². The fourth-order valence-electron chi connectivity index (χ4n) is 2.55. The Bertz CT molecular complexity index is 965. The van der Waals surface area contributed by atoms with Crippen LogP contribution in [0.15, 0.2) is 59.8 Å². The van der Waals surface area contributed by atoms with Crippen LogP contribution in [0.1, 0.15) is 29.8 Å². The maximum atomic E-state index is 12.9. The summed E-state index contributed by atoms with van der Waals surface area (Å²) < 4.78 is 1.32. The van der Waals surface area contributed by atoms with Crippen LogP contribution in [0.3, 0.4) is 0 Å². The normalized spacial score (nSPS) is 10.5. The number of nitrogens with one attached hydrogen (secondary N) is 1. The lowest BCUT2D eigenvalue weighted by Crippen LogP contribution is -2.24. The molecule has 1 aromatic carbocycles. The molecular weight excluding hydrogens is 316 g/mol. The summed E-state index contributed by atoms with van der Waals surface area (Å²) in [5, 5.41) is 7.25. The zero-order chi connectivity index (χ0) is 17.8. The van der Waals surface area contributed by atoms with Gasteiger partial charge in [-0.05, 0) is 43.2 Å². The number of rotatable bonds is 5. The third kappa shape index (κ3) is 3.47. The van der Waals surface area contributed by atoms with Gasteiger partial charge in [0.15, 0.2) is 5.78 Å². The zero-order valence-corrected chi connectivity index (χ0v) is 14.1. The first-order valence-corrected chi connectivity index (χ1v) is 7.99. The SMILES string of the molecule is CCc1ccc(C(C)=O)cc1-n1nccc(Nc2cccnc2)c1=O. The van der Waals surface area contributed by atoms with E-state index in [0.29, 0.717) is 22.6 Å². The molecule has 0 unspecified atom stereocenters. The minimum atomic E-state index is -0.290. The second-order valence-corrected chi connectivity index (χ2v) is 5.58. The Labute approximate surface area is 145 Å². The summed E-state index contributed by atoms with van der Waals surface area (Å²) in [4.78, 5) is 28.6. The number of ketones is 1. The van der Waals surface area contributed by atoms with Gasteiger partial charge < -0.3 is 5.32 Å². The van der Waals surface area contributed by atoms with E-state index in [0.717, 1.165) is 12.0 Å². The van der Waals surface area contributed by atoms with Gasteiger partial charge in [0, 0.05) is 11.8 Å². The van der Waals surface area contributed by atoms with Gasteiger partial charge in [0.2, 0.25) is 0 Å². The number of benzene rings is 1. The molecule has 0 fully saturated rings. The van der Waals surface area contributed by atoms with E-state index in [1.54, 1.807) is 42.9 Å². The Morgan fingerprint density at radius 1 is 1.20 bits per heavy atom. The maximum Gasteiger partial charge on any atom is 0.295 e. The van der Waals surface area contributed by atoms with E-state index >= 15 is 0 Å². The smallest absolute Gasteiger partial charge is 0.295 e. The van der Waals surface area contributed by atoms with Gasteiger partial charge in [-0.1, -0.05) is 19.1 Å². The molecule has 6 heteroatoms. The van der Waals surface area contributed by atoms with Crippen LogP contribution in [0.25, 0.3) is 5.69 Å². The van der Waals surface area contributed by atoms with E-state index in [-0.39, 0.29) is 11.3 Å². The topological polar surface area (TPSA) is 76.9 Å². The van der Waals surface area contributed by atoms with Crippen LogP contribution >= 0.6 is 0 Å². The van der Waals surface area contributed by atoms with Crippen molar-refractivity contribution < 1.29 is 4.79 Å². The van der Waals surface area contributed by atoms with Crippen LogP contribution in [-0.2, 0) is 6.42 Å². The van der Waals surface area contributed by atoms with Crippen molar-refractivity contribution >= 4 is 17.2 Å². The molecule has 2 heterocycles. The van der Waals surface area contributed by atoms with E-state index in [2.05, 4.69) is 15.4 Å². The first kappa shape index (κ1) is 16.6. The minimum Gasteiger partial charge on any atom is -0.350 e. The number of hydrogen-bond donors (Lipinski definition) is 1. The average Bonchev–Trinajstić information content (AvgIpc) is 2.64. The van der Waals surface area contributed by atoms with Gasteiger partial charge in [0.25, 0.3) is 5.56 Å². The molecule has 0 saturated heterocycles. The molecule has 0 radical (unpaired) electrons. The molecule has 25 heavy (non-hydrogen) atoms. The molecule has 126 valence electrons. The van der Waals surface area contributed by atoms with Crippen LogP contribution in [0.5, 0.6) is 0 Å². The van der Waals surface area contributed by atoms with Crippen molar-refractivity contribution in [3.8, 4) is 5.69 Å². The van der Waals surface area contributed by atoms with Crippen molar-refractivity contribution in [3.05, 3.63) is 76.5 Å². The van der Waals surface area contributed by atoms with Crippen molar-refractivity contribution in [1.29, 1.82) is 0 Å². The van der Waals surface area contributed by atoms with Crippen molar-refractivity contribution in [2.24, 2.45) is 0 Å². The van der Waals surface area contributed by atoms with Crippen LogP contribution < -0.4 is 10.9 Å². The fraction of sp³-hybridized carbons (Fsp3) is 0.158. The monoisotopic (exact) mass is 334 g/mol. The lowest BCUT2D eigenvalue weighted by molar-refractivity contribution is 0.101. The highest BCUT2D eigenvalue weighted by Gasteiger charge is 2.12. The summed E-state index contributed by atoms with van der Waals surface area (Å²) >= 11 is 0. The van der Waals surface area contributed by atoms with Gasteiger partial charge in [-0.15, -0.1) is 0 Å². The number of carbonyl (C=O) groups is 1. The van der Waals surface area contributed by atoms with Gasteiger partial charge >= 0.3 is 0 Å². The van der Waals surface area contributed by atoms with E-state index in [9.17, 15) is 9.59 Å². The predicted octanol–water partition coefficient (Wildman–Crippen LogP) is 3.14. The number of nitrogens with zero attached hydrogens (tertiary/aromatic N) is 3. The Morgan fingerprint density at radius 2 is 2.04 bits per heavy atom. The summed E-state index contributed by atoms with van der Waals surface area (Å²) in [6, 6.07) is 10.6. The number of aromatic nitrogens is 3. The number of Topliss-reactive ketones (excluding diaryl/α,β-unsaturated/α-hetero) is 1. The molecule has 0 aliphatic rings. The summed E-state index contributed by atoms with van der Waals surface area (Å²) in [7, 11) is 0. The first-order chi connectivity index (χ1) is 12.1. The molecule has 0 saturated carbocycles. The summed E-state index contributed by atoms with van der Waals surface area (Å²) in [5.41, 5.74) is 2.92. The number of anilines is 2. The highest BCUT2D eigenvalue weighted by molar-refractivity contribution is 5.94. The highest BCUT2D eigenvalue weighted by atomic mass is 16.1. The third-order valence-electron chi connectivity index (χ3n) is 3.89. The lowest BCUT2D eigenvalue weighted by atomic mass is 10.0. The second kappa shape index (κ2) is 7.09. The summed E-state index contributed by atoms with van der Waals surface area (Å²) in [6.07, 6.45) is 5.58. The highest BCUT2D eigenvalue weighted by Crippen LogP contribution is 2.17. The van der Waals surface area contributed by atoms with Gasteiger partial charge in [-0.2, -0.15) is 9.78 Å². The van der Waals surface area contributed by atoms with Crippen molar-refractivity contribution in [1.82, 2.24) is 14.8 Å². The summed E-state index contributed by atoms with van der Waals surface area (Å²) in [5.74, 6) is -0.0541. The number of aryl methyl sites for hydroxylation is 1. The first-order valence-electron chi connectivity index (χ1n) is 7.99.